The fraction of sp³-hybridized carbons (Fsp3) is 0.0714. The molecular formula is C14H10ClF3N2O. The predicted molar refractivity (Wildman–Crippen MR) is 74.1 cm³/mol. The molecule has 2 aromatic rings. The first kappa shape index (κ1) is 15.3. The van der Waals surface area contributed by atoms with Gasteiger partial charge >= 0.3 is 6.18 Å². The lowest BCUT2D eigenvalue weighted by atomic mass is 10.0. The standard InChI is InChI=1S/C14H10ClF3N2O/c15-10-4-1-8(2-5-10)13(21)9-3-6-11(14(16,17)18)12(7-9)20-19/h1-7,20H,19H2. The summed E-state index contributed by atoms with van der Waals surface area (Å²) in [6, 6.07) is 9.05. The maximum Gasteiger partial charge on any atom is 0.418 e. The number of anilines is 1. The number of nitrogen functional groups attached to an aromatic ring is 1. The minimum Gasteiger partial charge on any atom is -0.324 e. The molecule has 0 amide bonds. The zero-order valence-corrected chi connectivity index (χ0v) is 11.3. The van der Waals surface area contributed by atoms with Gasteiger partial charge in [-0.25, -0.2) is 0 Å². The Bertz CT molecular complexity index is 669. The van der Waals surface area contributed by atoms with Crippen LogP contribution in [0.1, 0.15) is 21.5 Å². The van der Waals surface area contributed by atoms with E-state index in [1.807, 2.05) is 5.43 Å². The fourth-order valence-electron chi connectivity index (χ4n) is 1.82. The van der Waals surface area contributed by atoms with Crippen LogP contribution in [0.25, 0.3) is 0 Å². The summed E-state index contributed by atoms with van der Waals surface area (Å²) in [5, 5.41) is 0.461. The van der Waals surface area contributed by atoms with Gasteiger partial charge in [-0.05, 0) is 36.4 Å². The molecule has 2 rings (SSSR count). The summed E-state index contributed by atoms with van der Waals surface area (Å²) in [5.74, 6) is 4.68. The number of rotatable bonds is 3. The molecule has 0 aliphatic rings. The van der Waals surface area contributed by atoms with Crippen molar-refractivity contribution in [3.05, 3.63) is 64.2 Å². The van der Waals surface area contributed by atoms with Crippen molar-refractivity contribution in [1.82, 2.24) is 0 Å². The van der Waals surface area contributed by atoms with Crippen LogP contribution in [-0.4, -0.2) is 5.78 Å². The largest absolute Gasteiger partial charge is 0.418 e. The molecule has 3 nitrogen and oxygen atoms in total. The van der Waals surface area contributed by atoms with Crippen LogP contribution in [0.2, 0.25) is 5.02 Å². The first-order valence-corrected chi connectivity index (χ1v) is 6.19. The lowest BCUT2D eigenvalue weighted by molar-refractivity contribution is -0.137. The van der Waals surface area contributed by atoms with Crippen LogP contribution in [-0.2, 0) is 6.18 Å². The van der Waals surface area contributed by atoms with Gasteiger partial charge in [-0.15, -0.1) is 0 Å². The van der Waals surface area contributed by atoms with E-state index in [1.165, 1.54) is 24.3 Å². The van der Waals surface area contributed by atoms with E-state index in [2.05, 4.69) is 0 Å². The van der Waals surface area contributed by atoms with Crippen molar-refractivity contribution >= 4 is 23.1 Å². The van der Waals surface area contributed by atoms with Gasteiger partial charge in [0.25, 0.3) is 0 Å². The van der Waals surface area contributed by atoms with Crippen LogP contribution in [0.15, 0.2) is 42.5 Å². The Morgan fingerprint density at radius 3 is 2.14 bits per heavy atom. The molecule has 0 aliphatic carbocycles. The summed E-state index contributed by atoms with van der Waals surface area (Å²) < 4.78 is 38.2. The van der Waals surface area contributed by atoms with E-state index in [0.29, 0.717) is 10.6 Å². The summed E-state index contributed by atoms with van der Waals surface area (Å²) in [5.41, 5.74) is 1.09. The molecular weight excluding hydrogens is 305 g/mol. The monoisotopic (exact) mass is 314 g/mol. The van der Waals surface area contributed by atoms with E-state index in [-0.39, 0.29) is 11.3 Å². The Labute approximate surface area is 123 Å². The average Bonchev–Trinajstić information content (AvgIpc) is 2.45. The van der Waals surface area contributed by atoms with Crippen LogP contribution in [0.5, 0.6) is 0 Å². The van der Waals surface area contributed by atoms with Gasteiger partial charge in [-0.1, -0.05) is 17.7 Å². The van der Waals surface area contributed by atoms with Gasteiger partial charge < -0.3 is 5.43 Å². The topological polar surface area (TPSA) is 55.1 Å². The maximum absolute atomic E-state index is 12.7. The number of alkyl halides is 3. The highest BCUT2D eigenvalue weighted by Crippen LogP contribution is 2.35. The lowest BCUT2D eigenvalue weighted by Gasteiger charge is -2.13. The van der Waals surface area contributed by atoms with Gasteiger partial charge in [0.15, 0.2) is 5.78 Å². The number of benzene rings is 2. The Morgan fingerprint density at radius 1 is 1.05 bits per heavy atom. The van der Waals surface area contributed by atoms with Gasteiger partial charge in [0.05, 0.1) is 11.3 Å². The molecule has 0 radical (unpaired) electrons. The highest BCUT2D eigenvalue weighted by atomic mass is 35.5. The van der Waals surface area contributed by atoms with E-state index in [0.717, 1.165) is 18.2 Å². The molecule has 0 unspecified atom stereocenters. The third kappa shape index (κ3) is 3.34. The van der Waals surface area contributed by atoms with E-state index >= 15 is 0 Å². The normalized spacial score (nSPS) is 11.3. The predicted octanol–water partition coefficient (Wildman–Crippen LogP) is 3.88. The van der Waals surface area contributed by atoms with Gasteiger partial charge in [0, 0.05) is 16.1 Å². The first-order valence-electron chi connectivity index (χ1n) is 5.81. The van der Waals surface area contributed by atoms with Gasteiger partial charge in [-0.3, -0.25) is 10.6 Å². The molecule has 0 saturated heterocycles. The van der Waals surface area contributed by atoms with Gasteiger partial charge in [0.2, 0.25) is 0 Å². The number of hydrazine groups is 1. The van der Waals surface area contributed by atoms with Crippen LogP contribution >= 0.6 is 11.6 Å². The molecule has 21 heavy (non-hydrogen) atoms. The second-order valence-electron chi connectivity index (χ2n) is 4.24. The van der Waals surface area contributed by atoms with Crippen molar-refractivity contribution in [2.24, 2.45) is 5.84 Å². The third-order valence-corrected chi connectivity index (χ3v) is 3.10. The van der Waals surface area contributed by atoms with Crippen LogP contribution in [0.4, 0.5) is 18.9 Å². The van der Waals surface area contributed by atoms with E-state index in [1.54, 1.807) is 0 Å². The molecule has 0 aliphatic heterocycles. The van der Waals surface area contributed by atoms with Crippen molar-refractivity contribution < 1.29 is 18.0 Å². The summed E-state index contributed by atoms with van der Waals surface area (Å²) >= 11 is 5.72. The Morgan fingerprint density at radius 2 is 1.62 bits per heavy atom. The Hall–Kier alpha value is -2.05. The molecule has 110 valence electrons. The van der Waals surface area contributed by atoms with Crippen molar-refractivity contribution in [2.75, 3.05) is 5.43 Å². The number of carbonyl (C=O) groups is 1. The molecule has 0 heterocycles. The number of hydrogen-bond acceptors (Lipinski definition) is 3. The van der Waals surface area contributed by atoms with E-state index in [9.17, 15) is 18.0 Å². The summed E-state index contributed by atoms with van der Waals surface area (Å²) in [4.78, 5) is 12.2. The number of carbonyl (C=O) groups excluding carboxylic acids is 1. The van der Waals surface area contributed by atoms with Crippen molar-refractivity contribution in [3.8, 4) is 0 Å². The minimum atomic E-state index is -4.55. The van der Waals surface area contributed by atoms with Crippen LogP contribution < -0.4 is 11.3 Å². The summed E-state index contributed by atoms with van der Waals surface area (Å²) in [6.45, 7) is 0. The van der Waals surface area contributed by atoms with E-state index in [4.69, 9.17) is 17.4 Å². The second kappa shape index (κ2) is 5.75. The number of hydrogen-bond donors (Lipinski definition) is 2. The van der Waals surface area contributed by atoms with Crippen molar-refractivity contribution in [3.63, 3.8) is 0 Å². The highest BCUT2D eigenvalue weighted by molar-refractivity contribution is 6.30. The quantitative estimate of drug-likeness (QED) is 0.513. The second-order valence-corrected chi connectivity index (χ2v) is 4.67. The molecule has 0 bridgehead atoms. The third-order valence-electron chi connectivity index (χ3n) is 2.85. The Kier molecular flexibility index (Phi) is 4.20. The number of ketones is 1. The summed E-state index contributed by atoms with van der Waals surface area (Å²) in [7, 11) is 0. The zero-order valence-electron chi connectivity index (χ0n) is 10.5. The molecule has 0 spiro atoms. The molecule has 0 aromatic heterocycles. The number of halogens is 4. The average molecular weight is 315 g/mol. The van der Waals surface area contributed by atoms with Gasteiger partial charge in [0.1, 0.15) is 0 Å². The van der Waals surface area contributed by atoms with Crippen molar-refractivity contribution in [1.29, 1.82) is 0 Å². The van der Waals surface area contributed by atoms with E-state index < -0.39 is 17.5 Å². The molecule has 2 aromatic carbocycles. The van der Waals surface area contributed by atoms with Crippen molar-refractivity contribution in [2.45, 2.75) is 6.18 Å². The smallest absolute Gasteiger partial charge is 0.324 e. The molecule has 0 atom stereocenters. The first-order chi connectivity index (χ1) is 9.82. The Balaban J connectivity index is 2.41. The lowest BCUT2D eigenvalue weighted by Crippen LogP contribution is -2.16. The number of nitrogens with two attached hydrogens (primary N) is 1. The minimum absolute atomic E-state index is 0.0956. The molecule has 3 N–H and O–H groups in total. The maximum atomic E-state index is 12.7. The zero-order chi connectivity index (χ0) is 15.6. The molecule has 0 saturated carbocycles. The highest BCUT2D eigenvalue weighted by Gasteiger charge is 2.33. The van der Waals surface area contributed by atoms with Crippen LogP contribution in [0.3, 0.4) is 0 Å². The number of nitrogens with one attached hydrogen (secondary N) is 1. The summed E-state index contributed by atoms with van der Waals surface area (Å²) in [6.07, 6.45) is -4.55. The van der Waals surface area contributed by atoms with Crippen LogP contribution in [0, 0.1) is 0 Å². The SMILES string of the molecule is NNc1cc(C(=O)c2ccc(Cl)cc2)ccc1C(F)(F)F. The fourth-order valence-corrected chi connectivity index (χ4v) is 1.95. The molecule has 7 heteroatoms. The molecule has 0 fully saturated rings. The van der Waals surface area contributed by atoms with Gasteiger partial charge in [-0.2, -0.15) is 13.2 Å².